The van der Waals surface area contributed by atoms with E-state index in [-0.39, 0.29) is 0 Å². The van der Waals surface area contributed by atoms with E-state index < -0.39 is 0 Å². The molecule has 6 nitrogen and oxygen atoms in total. The van der Waals surface area contributed by atoms with E-state index in [2.05, 4.69) is 251 Å². The van der Waals surface area contributed by atoms with Crippen molar-refractivity contribution < 1.29 is 8.83 Å². The quantitative estimate of drug-likeness (QED) is 0.152. The van der Waals surface area contributed by atoms with Gasteiger partial charge in [0.1, 0.15) is 22.3 Å². The smallest absolute Gasteiger partial charge is 0.143 e. The van der Waals surface area contributed by atoms with Gasteiger partial charge in [-0.1, -0.05) is 84.9 Å². The second-order valence-corrected chi connectivity index (χ2v) is 19.0. The molecule has 0 spiro atoms. The molecule has 0 aliphatic heterocycles. The number of hydrogen-bond acceptors (Lipinski definition) is 4. The maximum Gasteiger partial charge on any atom is 0.143 e. The van der Waals surface area contributed by atoms with Gasteiger partial charge in [0.25, 0.3) is 0 Å². The normalized spacial score (nSPS) is 12.1. The molecule has 0 saturated carbocycles. The topological polar surface area (TPSA) is 42.6 Å². The van der Waals surface area contributed by atoms with Gasteiger partial charge in [-0.25, -0.2) is 0 Å². The Morgan fingerprint density at radius 3 is 1.14 bits per heavy atom. The maximum absolute atomic E-state index is 6.83. The first-order valence-corrected chi connectivity index (χ1v) is 25.0. The largest absolute Gasteiger partial charge is 0.455 e. The molecule has 11 aromatic carbocycles. The Morgan fingerprint density at radius 2 is 0.681 bits per heavy atom. The summed E-state index contributed by atoms with van der Waals surface area (Å²) < 4.78 is 18.5. The molecular weight excluding hydrogens is 881 g/mol. The Bertz CT molecular complexity index is 4380. The van der Waals surface area contributed by atoms with Crippen molar-refractivity contribution in [3.8, 4) is 0 Å². The lowest BCUT2D eigenvalue weighted by molar-refractivity contribution is 0.660. The fourth-order valence-electron chi connectivity index (χ4n) is 12.0. The average Bonchev–Trinajstić information content (AvgIpc) is 4.18. The summed E-state index contributed by atoms with van der Waals surface area (Å²) in [6.45, 7) is 6.26. The zero-order valence-electron chi connectivity index (χ0n) is 39.8. The van der Waals surface area contributed by atoms with E-state index in [1.807, 2.05) is 0 Å². The number of nitrogens with zero attached hydrogens (tertiary/aromatic N) is 4. The third-order valence-electron chi connectivity index (χ3n) is 15.2. The lowest BCUT2D eigenvalue weighted by Gasteiger charge is -2.26. The number of furan rings is 2. The van der Waals surface area contributed by atoms with E-state index in [4.69, 9.17) is 8.83 Å². The van der Waals surface area contributed by atoms with E-state index in [9.17, 15) is 0 Å². The van der Waals surface area contributed by atoms with Crippen LogP contribution in [0.4, 0.5) is 34.1 Å². The number of fused-ring (bicyclic) bond motifs is 16. The first-order valence-electron chi connectivity index (χ1n) is 25.0. The van der Waals surface area contributed by atoms with Crippen molar-refractivity contribution in [1.82, 2.24) is 9.13 Å². The number of para-hydroxylation sites is 4. The van der Waals surface area contributed by atoms with Crippen LogP contribution < -0.4 is 9.80 Å². The summed E-state index contributed by atoms with van der Waals surface area (Å²) >= 11 is 0. The number of aryl methyl sites for hydroxylation is 2. The summed E-state index contributed by atoms with van der Waals surface area (Å²) in [5.74, 6) is 0. The molecule has 342 valence electrons. The van der Waals surface area contributed by atoms with Gasteiger partial charge in [-0.3, -0.25) is 0 Å². The van der Waals surface area contributed by atoms with Gasteiger partial charge >= 0.3 is 0 Å². The van der Waals surface area contributed by atoms with E-state index in [0.29, 0.717) is 0 Å². The van der Waals surface area contributed by atoms with Crippen LogP contribution in [-0.2, 0) is 13.1 Å². The second-order valence-electron chi connectivity index (χ2n) is 19.0. The van der Waals surface area contributed by atoms with Gasteiger partial charge in [-0.05, 0) is 152 Å². The highest BCUT2D eigenvalue weighted by molar-refractivity contribution is 6.22. The van der Waals surface area contributed by atoms with Gasteiger partial charge in [0.2, 0.25) is 0 Å². The molecule has 0 amide bonds. The Kier molecular flexibility index (Phi) is 8.81. The molecule has 4 heterocycles. The van der Waals surface area contributed by atoms with Crippen LogP contribution in [0.3, 0.4) is 0 Å². The van der Waals surface area contributed by atoms with Crippen LogP contribution in [-0.4, -0.2) is 9.13 Å². The Labute approximate surface area is 414 Å². The molecule has 0 unspecified atom stereocenters. The molecule has 0 aliphatic carbocycles. The van der Waals surface area contributed by atoms with Crippen LogP contribution in [0.1, 0.15) is 13.8 Å². The predicted molar refractivity (Wildman–Crippen MR) is 303 cm³/mol. The zero-order valence-corrected chi connectivity index (χ0v) is 39.8. The number of anilines is 6. The van der Waals surface area contributed by atoms with Crippen LogP contribution in [0.15, 0.2) is 227 Å². The minimum absolute atomic E-state index is 0.808. The third kappa shape index (κ3) is 5.96. The lowest BCUT2D eigenvalue weighted by atomic mass is 10.0. The van der Waals surface area contributed by atoms with E-state index >= 15 is 0 Å². The number of benzene rings is 11. The Balaban J connectivity index is 0.818. The summed E-state index contributed by atoms with van der Waals surface area (Å²) in [5.41, 5.74) is 15.0. The minimum Gasteiger partial charge on any atom is -0.455 e. The summed E-state index contributed by atoms with van der Waals surface area (Å²) in [4.78, 5) is 4.71. The van der Waals surface area contributed by atoms with Crippen molar-refractivity contribution >= 4 is 143 Å². The van der Waals surface area contributed by atoms with E-state index in [1.54, 1.807) is 0 Å². The summed E-state index contributed by atoms with van der Waals surface area (Å²) in [5, 5.41) is 13.7. The zero-order chi connectivity index (χ0) is 47.6. The summed E-state index contributed by atoms with van der Waals surface area (Å²) in [6.07, 6.45) is 0. The predicted octanol–water partition coefficient (Wildman–Crippen LogP) is 19.0. The van der Waals surface area contributed by atoms with Gasteiger partial charge in [-0.2, -0.15) is 0 Å². The molecule has 0 atom stereocenters. The monoisotopic (exact) mass is 926 g/mol. The second kappa shape index (κ2) is 15.6. The molecule has 0 fully saturated rings. The van der Waals surface area contributed by atoms with Crippen LogP contribution in [0, 0.1) is 0 Å². The average molecular weight is 927 g/mol. The number of rotatable bonds is 8. The molecule has 0 N–H and O–H groups in total. The molecule has 15 rings (SSSR count). The molecule has 72 heavy (non-hydrogen) atoms. The standard InChI is InChI=1S/C66H46N4O2/c1-3-67-59-21-13-11-19-51(59)55-37-47(27-33-61(55)67)69(43-15-7-5-8-16-43)45-25-31-49-41(35-45)23-29-53-57-39-58-54-30-24-42-36-46(26-32-50(42)66(54)72-64(58)40-63(57)71-65(49)53)70(44-17-9-6-10-18-44)48-28-34-62-56(38-48)52-20-12-14-22-60(52)68(62)4-2/h5-40H,3-4H2,1-2H3. The van der Waals surface area contributed by atoms with E-state index in [1.165, 1.54) is 43.6 Å². The van der Waals surface area contributed by atoms with Crippen LogP contribution in [0.2, 0.25) is 0 Å². The molecule has 15 aromatic rings. The van der Waals surface area contributed by atoms with Crippen LogP contribution >= 0.6 is 0 Å². The van der Waals surface area contributed by atoms with Gasteiger partial charge in [0.05, 0.1) is 0 Å². The first-order chi connectivity index (χ1) is 35.6. The molecule has 0 saturated heterocycles. The fraction of sp³-hybridized carbons (Fsp3) is 0.0606. The van der Waals surface area contributed by atoms with Crippen LogP contribution in [0.25, 0.3) is 109 Å². The molecule has 4 aromatic heterocycles. The Hall–Kier alpha value is -9.26. The van der Waals surface area contributed by atoms with Crippen molar-refractivity contribution in [3.05, 3.63) is 218 Å². The highest BCUT2D eigenvalue weighted by Crippen LogP contribution is 2.45. The summed E-state index contributed by atoms with van der Waals surface area (Å²) in [7, 11) is 0. The lowest BCUT2D eigenvalue weighted by Crippen LogP contribution is -2.09. The van der Waals surface area contributed by atoms with Crippen molar-refractivity contribution in [2.45, 2.75) is 26.9 Å². The molecule has 0 bridgehead atoms. The molecule has 6 heteroatoms. The first kappa shape index (κ1) is 40.6. The van der Waals surface area contributed by atoms with Crippen molar-refractivity contribution in [2.75, 3.05) is 9.80 Å². The summed E-state index contributed by atoms with van der Waals surface area (Å²) in [6, 6.07) is 79.2. The van der Waals surface area contributed by atoms with Gasteiger partial charge in [0.15, 0.2) is 0 Å². The van der Waals surface area contributed by atoms with Crippen molar-refractivity contribution in [2.24, 2.45) is 0 Å². The highest BCUT2D eigenvalue weighted by atomic mass is 16.3. The number of aromatic nitrogens is 2. The van der Waals surface area contributed by atoms with Gasteiger partial charge in [-0.15, -0.1) is 0 Å². The minimum atomic E-state index is 0.808. The van der Waals surface area contributed by atoms with Crippen molar-refractivity contribution in [1.29, 1.82) is 0 Å². The third-order valence-corrected chi connectivity index (χ3v) is 15.2. The Morgan fingerprint density at radius 1 is 0.292 bits per heavy atom. The van der Waals surface area contributed by atoms with E-state index in [0.717, 1.165) is 113 Å². The fourth-order valence-corrected chi connectivity index (χ4v) is 12.0. The van der Waals surface area contributed by atoms with Crippen LogP contribution in [0.5, 0.6) is 0 Å². The number of hydrogen-bond donors (Lipinski definition) is 0. The van der Waals surface area contributed by atoms with Gasteiger partial charge < -0.3 is 27.8 Å². The SMILES string of the molecule is CCn1c2ccccc2c2cc(N(c3ccccc3)c3ccc4c(ccc5c6cc7c(cc6oc45)oc4c5ccc(N(c6ccccc6)c6ccc8c(c6)c6ccccc6n8CC)cc5ccc74)c3)ccc21. The maximum atomic E-state index is 6.83. The molecule has 0 radical (unpaired) electrons. The van der Waals surface area contributed by atoms with Gasteiger partial charge in [0, 0.05) is 129 Å². The molecular formula is C66H46N4O2. The highest BCUT2D eigenvalue weighted by Gasteiger charge is 2.22. The van der Waals surface area contributed by atoms with Crippen molar-refractivity contribution in [3.63, 3.8) is 0 Å². The molecule has 0 aliphatic rings.